The van der Waals surface area contributed by atoms with E-state index in [1.165, 1.54) is 22.3 Å². The minimum atomic E-state index is -4.26. The molecule has 0 aliphatic carbocycles. The van der Waals surface area contributed by atoms with Gasteiger partial charge in [0, 0.05) is 40.3 Å². The van der Waals surface area contributed by atoms with Crippen molar-refractivity contribution in [3.05, 3.63) is 12.5 Å². The van der Waals surface area contributed by atoms with Crippen molar-refractivity contribution in [2.75, 3.05) is 50.5 Å². The van der Waals surface area contributed by atoms with Crippen LogP contribution < -0.4 is 10.2 Å². The van der Waals surface area contributed by atoms with E-state index in [4.69, 9.17) is 0 Å². The SMILES string of the molecule is C[C@H](N1CCN(C(=O)Nc2cncnc2N(C)C)CC1)C(F)(F)F. The van der Waals surface area contributed by atoms with Crippen molar-refractivity contribution >= 4 is 17.5 Å². The number of amides is 2. The molecule has 0 unspecified atom stereocenters. The average Bonchev–Trinajstić information content (AvgIpc) is 2.53. The van der Waals surface area contributed by atoms with Gasteiger partial charge < -0.3 is 15.1 Å². The second kappa shape index (κ2) is 7.20. The first-order valence-corrected chi connectivity index (χ1v) is 7.54. The number of halogens is 3. The van der Waals surface area contributed by atoms with E-state index in [-0.39, 0.29) is 32.2 Å². The number of hydrogen-bond acceptors (Lipinski definition) is 5. The highest BCUT2D eigenvalue weighted by Gasteiger charge is 2.41. The first-order valence-electron chi connectivity index (χ1n) is 7.54. The lowest BCUT2D eigenvalue weighted by atomic mass is 10.2. The molecule has 134 valence electrons. The van der Waals surface area contributed by atoms with Crippen LogP contribution in [-0.4, -0.2) is 78.3 Å². The maximum absolute atomic E-state index is 12.7. The number of hydrogen-bond donors (Lipinski definition) is 1. The molecule has 1 aromatic rings. The summed E-state index contributed by atoms with van der Waals surface area (Å²) >= 11 is 0. The Bertz CT molecular complexity index is 572. The van der Waals surface area contributed by atoms with Crippen molar-refractivity contribution in [1.82, 2.24) is 19.8 Å². The molecule has 0 bridgehead atoms. The highest BCUT2D eigenvalue weighted by atomic mass is 19.4. The third kappa shape index (κ3) is 4.25. The predicted molar refractivity (Wildman–Crippen MR) is 84.0 cm³/mol. The van der Waals surface area contributed by atoms with Gasteiger partial charge in [0.15, 0.2) is 5.82 Å². The van der Waals surface area contributed by atoms with E-state index in [0.29, 0.717) is 11.5 Å². The van der Waals surface area contributed by atoms with Gasteiger partial charge in [-0.2, -0.15) is 13.2 Å². The molecule has 0 saturated carbocycles. The maximum Gasteiger partial charge on any atom is 0.403 e. The Hall–Kier alpha value is -2.10. The Morgan fingerprint density at radius 3 is 2.46 bits per heavy atom. The van der Waals surface area contributed by atoms with Gasteiger partial charge in [-0.15, -0.1) is 0 Å². The van der Waals surface area contributed by atoms with E-state index in [1.807, 2.05) is 0 Å². The molecule has 2 amide bonds. The van der Waals surface area contributed by atoms with Gasteiger partial charge in [0.2, 0.25) is 0 Å². The normalized spacial score (nSPS) is 17.5. The fourth-order valence-electron chi connectivity index (χ4n) is 2.48. The van der Waals surface area contributed by atoms with E-state index >= 15 is 0 Å². The van der Waals surface area contributed by atoms with Crippen LogP contribution in [0.1, 0.15) is 6.92 Å². The summed E-state index contributed by atoms with van der Waals surface area (Å²) in [5.74, 6) is 0.558. The van der Waals surface area contributed by atoms with Crippen LogP contribution in [0.4, 0.5) is 29.5 Å². The third-order valence-corrected chi connectivity index (χ3v) is 3.98. The van der Waals surface area contributed by atoms with Crippen LogP contribution in [-0.2, 0) is 0 Å². The summed E-state index contributed by atoms with van der Waals surface area (Å²) in [5.41, 5.74) is 0.457. The number of urea groups is 1. The zero-order valence-electron chi connectivity index (χ0n) is 13.8. The van der Waals surface area contributed by atoms with Crippen molar-refractivity contribution in [3.63, 3.8) is 0 Å². The monoisotopic (exact) mass is 346 g/mol. The number of anilines is 2. The zero-order valence-corrected chi connectivity index (χ0v) is 13.8. The van der Waals surface area contributed by atoms with Gasteiger partial charge in [-0.05, 0) is 6.92 Å². The number of rotatable bonds is 3. The van der Waals surface area contributed by atoms with Crippen LogP contribution in [0.2, 0.25) is 0 Å². The summed E-state index contributed by atoms with van der Waals surface area (Å²) in [7, 11) is 3.57. The summed E-state index contributed by atoms with van der Waals surface area (Å²) in [6.45, 7) is 1.97. The Morgan fingerprint density at radius 2 is 1.92 bits per heavy atom. The van der Waals surface area contributed by atoms with Crippen LogP contribution in [0.25, 0.3) is 0 Å². The van der Waals surface area contributed by atoms with E-state index in [9.17, 15) is 18.0 Å². The van der Waals surface area contributed by atoms with Crippen LogP contribution in [0.3, 0.4) is 0 Å². The van der Waals surface area contributed by atoms with Crippen LogP contribution in [0, 0.1) is 0 Å². The summed E-state index contributed by atoms with van der Waals surface area (Å²) in [6.07, 6.45) is -1.39. The molecule has 7 nitrogen and oxygen atoms in total. The van der Waals surface area contributed by atoms with Crippen LogP contribution in [0.5, 0.6) is 0 Å². The summed E-state index contributed by atoms with van der Waals surface area (Å²) < 4.78 is 38.2. The Morgan fingerprint density at radius 1 is 1.29 bits per heavy atom. The molecule has 1 atom stereocenters. The van der Waals surface area contributed by atoms with Crippen LogP contribution >= 0.6 is 0 Å². The van der Waals surface area contributed by atoms with E-state index in [2.05, 4.69) is 15.3 Å². The van der Waals surface area contributed by atoms with Crippen molar-refractivity contribution in [2.45, 2.75) is 19.1 Å². The standard InChI is InChI=1S/C14H21F3N6O/c1-10(14(15,16)17)22-4-6-23(7-5-22)13(24)20-11-8-18-9-19-12(11)21(2)3/h8-10H,4-7H2,1-3H3,(H,20,24)/t10-/m0/s1. The van der Waals surface area contributed by atoms with Crippen LogP contribution in [0.15, 0.2) is 12.5 Å². The minimum absolute atomic E-state index is 0.180. The minimum Gasteiger partial charge on any atom is -0.361 e. The molecule has 0 aromatic carbocycles. The van der Waals surface area contributed by atoms with Crippen molar-refractivity contribution in [2.24, 2.45) is 0 Å². The first kappa shape index (κ1) is 18.2. The smallest absolute Gasteiger partial charge is 0.361 e. The quantitative estimate of drug-likeness (QED) is 0.901. The molecular weight excluding hydrogens is 325 g/mol. The molecule has 10 heteroatoms. The van der Waals surface area contributed by atoms with Gasteiger partial charge in [-0.3, -0.25) is 4.90 Å². The molecule has 1 fully saturated rings. The van der Waals surface area contributed by atoms with Crippen molar-refractivity contribution in [3.8, 4) is 0 Å². The molecule has 0 radical (unpaired) electrons. The van der Waals surface area contributed by atoms with Crippen molar-refractivity contribution < 1.29 is 18.0 Å². The first-order chi connectivity index (χ1) is 11.2. The second-order valence-corrected chi connectivity index (χ2v) is 5.83. The number of carbonyl (C=O) groups is 1. The number of nitrogens with zero attached hydrogens (tertiary/aromatic N) is 5. The number of carbonyl (C=O) groups excluding carboxylic acids is 1. The van der Waals surface area contributed by atoms with E-state index in [0.717, 1.165) is 6.92 Å². The third-order valence-electron chi connectivity index (χ3n) is 3.98. The average molecular weight is 346 g/mol. The lowest BCUT2D eigenvalue weighted by Crippen LogP contribution is -2.55. The predicted octanol–water partition coefficient (Wildman–Crippen LogP) is 1.64. The summed E-state index contributed by atoms with van der Waals surface area (Å²) in [6, 6.07) is -1.88. The van der Waals surface area contributed by atoms with Gasteiger partial charge in [0.05, 0.1) is 6.20 Å². The van der Waals surface area contributed by atoms with Gasteiger partial charge in [0.1, 0.15) is 18.1 Å². The lowest BCUT2D eigenvalue weighted by molar-refractivity contribution is -0.181. The fourth-order valence-corrected chi connectivity index (χ4v) is 2.48. The fraction of sp³-hybridized carbons (Fsp3) is 0.643. The molecule has 1 aliphatic heterocycles. The number of alkyl halides is 3. The molecule has 2 heterocycles. The molecular formula is C14H21F3N6O. The highest BCUT2D eigenvalue weighted by Crippen LogP contribution is 2.25. The van der Waals surface area contributed by atoms with Gasteiger partial charge in [-0.1, -0.05) is 0 Å². The molecule has 1 aliphatic rings. The van der Waals surface area contributed by atoms with E-state index in [1.54, 1.807) is 19.0 Å². The molecule has 1 saturated heterocycles. The topological polar surface area (TPSA) is 64.6 Å². The lowest BCUT2D eigenvalue weighted by Gasteiger charge is -2.38. The highest BCUT2D eigenvalue weighted by molar-refractivity contribution is 5.92. The molecule has 0 spiro atoms. The molecule has 2 rings (SSSR count). The number of piperazine rings is 1. The zero-order chi connectivity index (χ0) is 17.9. The van der Waals surface area contributed by atoms with Crippen molar-refractivity contribution in [1.29, 1.82) is 0 Å². The van der Waals surface area contributed by atoms with Gasteiger partial charge >= 0.3 is 12.2 Å². The molecule has 24 heavy (non-hydrogen) atoms. The van der Waals surface area contributed by atoms with E-state index < -0.39 is 12.2 Å². The summed E-state index contributed by atoms with van der Waals surface area (Å²) in [5, 5.41) is 2.72. The number of aromatic nitrogens is 2. The van der Waals surface area contributed by atoms with Gasteiger partial charge in [-0.25, -0.2) is 14.8 Å². The number of nitrogens with one attached hydrogen (secondary N) is 1. The summed E-state index contributed by atoms with van der Waals surface area (Å²) in [4.78, 5) is 24.8. The molecule has 1 N–H and O–H groups in total. The largest absolute Gasteiger partial charge is 0.403 e. The Labute approximate surface area is 138 Å². The Kier molecular flexibility index (Phi) is 5.47. The second-order valence-electron chi connectivity index (χ2n) is 5.83. The Balaban J connectivity index is 1.94. The maximum atomic E-state index is 12.7. The molecule has 1 aromatic heterocycles. The van der Waals surface area contributed by atoms with Gasteiger partial charge in [0.25, 0.3) is 0 Å².